The van der Waals surface area contributed by atoms with Crippen molar-refractivity contribution in [1.82, 2.24) is 5.32 Å². The number of aliphatic hydroxyl groups is 1. The number of hydrogen-bond donors (Lipinski definition) is 2. The molecule has 0 aliphatic rings. The lowest BCUT2D eigenvalue weighted by Gasteiger charge is -2.12. The van der Waals surface area contributed by atoms with Crippen molar-refractivity contribution >= 4 is 12.4 Å². The molecule has 0 aliphatic heterocycles. The van der Waals surface area contributed by atoms with E-state index < -0.39 is 18.2 Å². The van der Waals surface area contributed by atoms with Gasteiger partial charge >= 0.3 is 6.09 Å². The topological polar surface area (TPSA) is 75.6 Å². The summed E-state index contributed by atoms with van der Waals surface area (Å²) >= 11 is 0. The van der Waals surface area contributed by atoms with Crippen molar-refractivity contribution in [2.75, 3.05) is 7.11 Å². The van der Waals surface area contributed by atoms with Crippen molar-refractivity contribution in [1.29, 1.82) is 0 Å². The fourth-order valence-corrected chi connectivity index (χ4v) is 0.434. The van der Waals surface area contributed by atoms with Crippen LogP contribution in [0.3, 0.4) is 0 Å². The average molecular weight is 160 g/mol. The van der Waals surface area contributed by atoms with E-state index in [-0.39, 0.29) is 0 Å². The zero-order valence-electron chi connectivity index (χ0n) is 6.33. The molecule has 2 atom stereocenters. The van der Waals surface area contributed by atoms with Crippen LogP contribution in [0, 0.1) is 0 Å². The minimum Gasteiger partial charge on any atom is -0.453 e. The Morgan fingerprint density at radius 3 is 2.55 bits per heavy atom. The van der Waals surface area contributed by atoms with Crippen molar-refractivity contribution < 1.29 is 19.4 Å². The van der Waals surface area contributed by atoms with Crippen LogP contribution < -0.4 is 5.32 Å². The second-order valence-electron chi connectivity index (χ2n) is 1.97. The van der Waals surface area contributed by atoms with Crippen LogP contribution in [-0.4, -0.2) is 36.7 Å². The quantitative estimate of drug-likeness (QED) is 0.566. The molecule has 1 radical (unpaired) electrons. The highest BCUT2D eigenvalue weighted by atomic mass is 16.5. The zero-order chi connectivity index (χ0) is 8.85. The maximum atomic E-state index is 10.5. The lowest BCUT2D eigenvalue weighted by atomic mass is 10.2. The molecule has 11 heavy (non-hydrogen) atoms. The Hall–Kier alpha value is -1.10. The minimum atomic E-state index is -1.03. The number of hydrogen-bond acceptors (Lipinski definition) is 4. The average Bonchev–Trinajstić information content (AvgIpc) is 1.99. The number of carbonyl (C=O) groups excluding carboxylic acids is 2. The number of aliphatic hydroxyl groups excluding tert-OH is 1. The third-order valence-corrected chi connectivity index (χ3v) is 1.07. The molecule has 0 aromatic heterocycles. The molecule has 0 saturated heterocycles. The van der Waals surface area contributed by atoms with E-state index in [4.69, 9.17) is 5.11 Å². The number of carbonyl (C=O) groups is 1. The summed E-state index contributed by atoms with van der Waals surface area (Å²) in [7, 11) is 1.17. The van der Waals surface area contributed by atoms with Crippen LogP contribution in [0.1, 0.15) is 6.92 Å². The van der Waals surface area contributed by atoms with E-state index in [1.807, 2.05) is 0 Å². The van der Waals surface area contributed by atoms with Crippen molar-refractivity contribution in [3.8, 4) is 0 Å². The molecule has 0 aromatic rings. The van der Waals surface area contributed by atoms with E-state index in [0.717, 1.165) is 0 Å². The molecule has 5 heteroatoms. The first-order valence-corrected chi connectivity index (χ1v) is 3.02. The number of alkyl carbamates (subject to hydrolysis) is 1. The van der Waals surface area contributed by atoms with Crippen molar-refractivity contribution in [3.63, 3.8) is 0 Å². The molecule has 0 rings (SSSR count). The Morgan fingerprint density at radius 1 is 1.73 bits per heavy atom. The maximum Gasteiger partial charge on any atom is 0.407 e. The van der Waals surface area contributed by atoms with Crippen LogP contribution in [0.2, 0.25) is 0 Å². The van der Waals surface area contributed by atoms with Gasteiger partial charge in [-0.25, -0.2) is 4.79 Å². The number of ether oxygens (including phenoxy) is 1. The van der Waals surface area contributed by atoms with Crippen LogP contribution >= 0.6 is 0 Å². The number of amides is 1. The van der Waals surface area contributed by atoms with Gasteiger partial charge in [0, 0.05) is 0 Å². The first-order valence-electron chi connectivity index (χ1n) is 3.02. The highest BCUT2D eigenvalue weighted by molar-refractivity contribution is 5.73. The van der Waals surface area contributed by atoms with E-state index in [1.165, 1.54) is 20.3 Å². The highest BCUT2D eigenvalue weighted by Gasteiger charge is 2.17. The third kappa shape index (κ3) is 3.57. The molecule has 5 nitrogen and oxygen atoms in total. The Morgan fingerprint density at radius 2 is 2.27 bits per heavy atom. The van der Waals surface area contributed by atoms with Crippen molar-refractivity contribution in [2.45, 2.75) is 19.1 Å². The highest BCUT2D eigenvalue weighted by Crippen LogP contribution is 1.88. The van der Waals surface area contributed by atoms with Gasteiger partial charge in [0.1, 0.15) is 6.04 Å². The Kier molecular flexibility index (Phi) is 4.21. The molecule has 0 bridgehead atoms. The predicted octanol–water partition coefficient (Wildman–Crippen LogP) is -0.799. The Labute approximate surface area is 64.3 Å². The van der Waals surface area contributed by atoms with Gasteiger partial charge in [0.25, 0.3) is 0 Å². The van der Waals surface area contributed by atoms with Gasteiger partial charge in [0.15, 0.2) is 0 Å². The van der Waals surface area contributed by atoms with Gasteiger partial charge in [-0.3, -0.25) is 4.79 Å². The molecule has 0 heterocycles. The lowest BCUT2D eigenvalue weighted by molar-refractivity contribution is 0.141. The number of rotatable bonds is 3. The van der Waals surface area contributed by atoms with Gasteiger partial charge in [0.2, 0.25) is 6.29 Å². The van der Waals surface area contributed by atoms with Gasteiger partial charge in [-0.15, -0.1) is 0 Å². The first-order chi connectivity index (χ1) is 5.11. The SMILES string of the molecule is COC(=O)NC([C]=O)C(C)O. The molecule has 63 valence electrons. The third-order valence-electron chi connectivity index (χ3n) is 1.07. The molecule has 2 unspecified atom stereocenters. The smallest absolute Gasteiger partial charge is 0.407 e. The van der Waals surface area contributed by atoms with Crippen LogP contribution in [0.5, 0.6) is 0 Å². The zero-order valence-corrected chi connectivity index (χ0v) is 6.33. The minimum absolute atomic E-state index is 0.765. The van der Waals surface area contributed by atoms with Gasteiger partial charge in [-0.1, -0.05) is 0 Å². The monoisotopic (exact) mass is 160 g/mol. The molecular formula is C6H10NO4. The summed E-state index contributed by atoms with van der Waals surface area (Å²) in [5, 5.41) is 10.9. The summed E-state index contributed by atoms with van der Waals surface area (Å²) in [6.07, 6.45) is -0.276. The largest absolute Gasteiger partial charge is 0.453 e. The van der Waals surface area contributed by atoms with E-state index in [9.17, 15) is 9.59 Å². The van der Waals surface area contributed by atoms with Crippen LogP contribution in [-0.2, 0) is 9.53 Å². The molecule has 0 fully saturated rings. The summed E-state index contributed by atoms with van der Waals surface area (Å²) in [6, 6.07) is -1.03. The molecule has 0 spiro atoms. The normalized spacial score (nSPS) is 14.8. The molecule has 0 aliphatic carbocycles. The standard InChI is InChI=1S/C6H10NO4/c1-4(9)5(3-8)7-6(10)11-2/h4-5,9H,1-2H3,(H,7,10). The first kappa shape index (κ1) is 9.90. The summed E-state index contributed by atoms with van der Waals surface area (Å²) in [4.78, 5) is 20.5. The molecule has 2 N–H and O–H groups in total. The summed E-state index contributed by atoms with van der Waals surface area (Å²) in [6.45, 7) is 1.37. The van der Waals surface area contributed by atoms with Gasteiger partial charge < -0.3 is 15.2 Å². The van der Waals surface area contributed by atoms with Crippen molar-refractivity contribution in [2.24, 2.45) is 0 Å². The van der Waals surface area contributed by atoms with E-state index in [2.05, 4.69) is 10.1 Å². The molecule has 1 amide bonds. The summed E-state index contributed by atoms with van der Waals surface area (Å²) < 4.78 is 4.19. The summed E-state index contributed by atoms with van der Waals surface area (Å²) in [5.41, 5.74) is 0. The van der Waals surface area contributed by atoms with E-state index in [1.54, 1.807) is 0 Å². The molecule has 0 aromatic carbocycles. The van der Waals surface area contributed by atoms with Gasteiger partial charge in [0.05, 0.1) is 13.2 Å². The second-order valence-corrected chi connectivity index (χ2v) is 1.97. The van der Waals surface area contributed by atoms with Crippen molar-refractivity contribution in [3.05, 3.63) is 0 Å². The van der Waals surface area contributed by atoms with Crippen LogP contribution in [0.15, 0.2) is 0 Å². The second kappa shape index (κ2) is 4.68. The van der Waals surface area contributed by atoms with Gasteiger partial charge in [-0.2, -0.15) is 0 Å². The fraction of sp³-hybridized carbons (Fsp3) is 0.667. The molecular weight excluding hydrogens is 150 g/mol. The van der Waals surface area contributed by atoms with E-state index in [0.29, 0.717) is 0 Å². The van der Waals surface area contributed by atoms with Crippen LogP contribution in [0.4, 0.5) is 4.79 Å². The van der Waals surface area contributed by atoms with E-state index >= 15 is 0 Å². The predicted molar refractivity (Wildman–Crippen MR) is 36.7 cm³/mol. The summed E-state index contributed by atoms with van der Waals surface area (Å²) in [5.74, 6) is 0. The number of methoxy groups -OCH3 is 1. The Bertz CT molecular complexity index is 146. The fourth-order valence-electron chi connectivity index (χ4n) is 0.434. The van der Waals surface area contributed by atoms with Gasteiger partial charge in [-0.05, 0) is 6.92 Å². The van der Waals surface area contributed by atoms with Crippen LogP contribution in [0.25, 0.3) is 0 Å². The molecule has 0 saturated carbocycles. The lowest BCUT2D eigenvalue weighted by Crippen LogP contribution is -2.43. The number of nitrogens with one attached hydrogen (secondary N) is 1. The Balaban J connectivity index is 3.87. The maximum absolute atomic E-state index is 10.5.